The molecule has 5 heteroatoms. The van der Waals surface area contributed by atoms with Gasteiger partial charge in [0, 0.05) is 19.2 Å². The first kappa shape index (κ1) is 10.6. The number of hydrogen-bond donors (Lipinski definition) is 2. The summed E-state index contributed by atoms with van der Waals surface area (Å²) in [7, 11) is 0. The molecule has 0 aliphatic heterocycles. The van der Waals surface area contributed by atoms with Crippen LogP contribution in [0.4, 0.5) is 5.69 Å². The molecule has 84 valence electrons. The van der Waals surface area contributed by atoms with Crippen LogP contribution in [0.25, 0.3) is 0 Å². The smallest absolute Gasteiger partial charge is 0.230 e. The van der Waals surface area contributed by atoms with Crippen LogP contribution in [0.2, 0.25) is 0 Å². The normalized spacial score (nSPS) is 10.6. The lowest BCUT2D eigenvalue weighted by molar-refractivity contribution is 0.447. The fourth-order valence-electron chi connectivity index (χ4n) is 1.41. The number of nitrogen functional groups attached to an aromatic ring is 1. The molecule has 5 nitrogen and oxygen atoms in total. The van der Waals surface area contributed by atoms with Crippen molar-refractivity contribution in [3.05, 3.63) is 41.6 Å². The Morgan fingerprint density at radius 3 is 2.75 bits per heavy atom. The van der Waals surface area contributed by atoms with Crippen molar-refractivity contribution in [2.45, 2.75) is 20.0 Å². The van der Waals surface area contributed by atoms with Gasteiger partial charge in [-0.3, -0.25) is 0 Å². The topological polar surface area (TPSA) is 77.0 Å². The minimum atomic E-state index is 0.551. The van der Waals surface area contributed by atoms with Gasteiger partial charge in [0.15, 0.2) is 0 Å². The van der Waals surface area contributed by atoms with Crippen LogP contribution >= 0.6 is 0 Å². The van der Waals surface area contributed by atoms with Crippen LogP contribution in [0.1, 0.15) is 17.3 Å². The summed E-state index contributed by atoms with van der Waals surface area (Å²) < 4.78 is 5.24. The molecule has 2 aromatic rings. The van der Waals surface area contributed by atoms with E-state index in [1.165, 1.54) is 0 Å². The standard InChI is InChI=1S/C11H14N4O/c1-8-14-15-11(16-8)7-13-6-9-4-2-3-5-10(9)12/h2-5,13H,6-7,12H2,1H3. The third-order valence-corrected chi connectivity index (χ3v) is 2.21. The zero-order valence-electron chi connectivity index (χ0n) is 9.10. The summed E-state index contributed by atoms with van der Waals surface area (Å²) in [6.07, 6.45) is 0. The summed E-state index contributed by atoms with van der Waals surface area (Å²) >= 11 is 0. The van der Waals surface area contributed by atoms with Gasteiger partial charge in [-0.15, -0.1) is 10.2 Å². The SMILES string of the molecule is Cc1nnc(CNCc2ccccc2N)o1. The highest BCUT2D eigenvalue weighted by atomic mass is 16.4. The van der Waals surface area contributed by atoms with Crippen LogP contribution in [-0.4, -0.2) is 10.2 Å². The predicted molar refractivity (Wildman–Crippen MR) is 60.4 cm³/mol. The van der Waals surface area contributed by atoms with E-state index in [-0.39, 0.29) is 0 Å². The molecule has 0 saturated heterocycles. The number of nitrogens with one attached hydrogen (secondary N) is 1. The van der Waals surface area contributed by atoms with Crippen LogP contribution < -0.4 is 11.1 Å². The van der Waals surface area contributed by atoms with Gasteiger partial charge in [-0.1, -0.05) is 18.2 Å². The Hall–Kier alpha value is -1.88. The number of rotatable bonds is 4. The number of aryl methyl sites for hydroxylation is 1. The molecule has 3 N–H and O–H groups in total. The van der Waals surface area contributed by atoms with Crippen molar-refractivity contribution in [2.75, 3.05) is 5.73 Å². The number of aromatic nitrogens is 2. The largest absolute Gasteiger partial charge is 0.424 e. The van der Waals surface area contributed by atoms with Gasteiger partial charge < -0.3 is 15.5 Å². The molecule has 0 radical (unpaired) electrons. The molecule has 0 aliphatic rings. The number of nitrogens with zero attached hydrogens (tertiary/aromatic N) is 2. The number of para-hydroxylation sites is 1. The molecule has 16 heavy (non-hydrogen) atoms. The van der Waals surface area contributed by atoms with Crippen LogP contribution in [-0.2, 0) is 13.1 Å². The van der Waals surface area contributed by atoms with E-state index in [0.29, 0.717) is 24.9 Å². The molecular weight excluding hydrogens is 204 g/mol. The molecule has 0 bridgehead atoms. The zero-order valence-corrected chi connectivity index (χ0v) is 9.10. The minimum Gasteiger partial charge on any atom is -0.424 e. The molecule has 1 aromatic heterocycles. The van der Waals surface area contributed by atoms with Crippen molar-refractivity contribution in [2.24, 2.45) is 0 Å². The van der Waals surface area contributed by atoms with Crippen molar-refractivity contribution in [3.63, 3.8) is 0 Å². The van der Waals surface area contributed by atoms with Crippen molar-refractivity contribution < 1.29 is 4.42 Å². The lowest BCUT2D eigenvalue weighted by Gasteiger charge is -2.05. The Morgan fingerprint density at radius 1 is 1.25 bits per heavy atom. The van der Waals surface area contributed by atoms with Gasteiger partial charge in [0.25, 0.3) is 0 Å². The third-order valence-electron chi connectivity index (χ3n) is 2.21. The van der Waals surface area contributed by atoms with E-state index >= 15 is 0 Å². The second-order valence-corrected chi connectivity index (χ2v) is 3.52. The van der Waals surface area contributed by atoms with Crippen molar-refractivity contribution in [1.29, 1.82) is 0 Å². The van der Waals surface area contributed by atoms with Crippen LogP contribution in [0.15, 0.2) is 28.7 Å². The van der Waals surface area contributed by atoms with Gasteiger partial charge in [0.1, 0.15) is 0 Å². The van der Waals surface area contributed by atoms with Gasteiger partial charge in [0.05, 0.1) is 6.54 Å². The molecular formula is C11H14N4O. The summed E-state index contributed by atoms with van der Waals surface area (Å²) in [5, 5.41) is 10.8. The average molecular weight is 218 g/mol. The van der Waals surface area contributed by atoms with E-state index in [9.17, 15) is 0 Å². The summed E-state index contributed by atoms with van der Waals surface area (Å²) in [6, 6.07) is 7.75. The number of hydrogen-bond acceptors (Lipinski definition) is 5. The number of benzene rings is 1. The van der Waals surface area contributed by atoms with E-state index in [1.807, 2.05) is 24.3 Å². The quantitative estimate of drug-likeness (QED) is 0.755. The first-order valence-corrected chi connectivity index (χ1v) is 5.09. The third kappa shape index (κ3) is 2.58. The van der Waals surface area contributed by atoms with Crippen molar-refractivity contribution >= 4 is 5.69 Å². The molecule has 0 amide bonds. The maximum Gasteiger partial charge on any atom is 0.230 e. The molecule has 0 saturated carbocycles. The Labute approximate surface area is 93.7 Å². The Morgan fingerprint density at radius 2 is 2.06 bits per heavy atom. The fraction of sp³-hybridized carbons (Fsp3) is 0.273. The van der Waals surface area contributed by atoms with E-state index in [1.54, 1.807) is 6.92 Å². The Kier molecular flexibility index (Phi) is 3.16. The van der Waals surface area contributed by atoms with E-state index in [0.717, 1.165) is 11.3 Å². The highest BCUT2D eigenvalue weighted by Gasteiger charge is 2.02. The highest BCUT2D eigenvalue weighted by Crippen LogP contribution is 2.09. The van der Waals surface area contributed by atoms with Gasteiger partial charge in [0.2, 0.25) is 11.8 Å². The molecule has 0 aliphatic carbocycles. The summed E-state index contributed by atoms with van der Waals surface area (Å²) in [6.45, 7) is 3.01. The summed E-state index contributed by atoms with van der Waals surface area (Å²) in [5.41, 5.74) is 7.67. The molecule has 0 unspecified atom stereocenters. The molecule has 0 spiro atoms. The van der Waals surface area contributed by atoms with Gasteiger partial charge in [-0.25, -0.2) is 0 Å². The van der Waals surface area contributed by atoms with Gasteiger partial charge in [-0.05, 0) is 11.6 Å². The molecule has 0 atom stereocenters. The van der Waals surface area contributed by atoms with Crippen LogP contribution in [0.5, 0.6) is 0 Å². The average Bonchev–Trinajstić information content (AvgIpc) is 2.67. The first-order valence-electron chi connectivity index (χ1n) is 5.09. The minimum absolute atomic E-state index is 0.551. The Bertz CT molecular complexity index is 467. The molecule has 1 aromatic carbocycles. The second-order valence-electron chi connectivity index (χ2n) is 3.52. The maximum atomic E-state index is 5.81. The fourth-order valence-corrected chi connectivity index (χ4v) is 1.41. The van der Waals surface area contributed by atoms with Crippen molar-refractivity contribution in [1.82, 2.24) is 15.5 Å². The second kappa shape index (κ2) is 4.76. The van der Waals surface area contributed by atoms with Crippen LogP contribution in [0.3, 0.4) is 0 Å². The summed E-state index contributed by atoms with van der Waals surface area (Å²) in [4.78, 5) is 0. The number of anilines is 1. The lowest BCUT2D eigenvalue weighted by atomic mass is 10.2. The van der Waals surface area contributed by atoms with E-state index in [4.69, 9.17) is 10.2 Å². The molecule has 2 rings (SSSR count). The van der Waals surface area contributed by atoms with Crippen molar-refractivity contribution in [3.8, 4) is 0 Å². The number of nitrogens with two attached hydrogens (primary N) is 1. The highest BCUT2D eigenvalue weighted by molar-refractivity contribution is 5.46. The van der Waals surface area contributed by atoms with E-state index < -0.39 is 0 Å². The maximum absolute atomic E-state index is 5.81. The van der Waals surface area contributed by atoms with Gasteiger partial charge in [-0.2, -0.15) is 0 Å². The molecule has 1 heterocycles. The Balaban J connectivity index is 1.87. The summed E-state index contributed by atoms with van der Waals surface area (Å²) in [5.74, 6) is 1.17. The first-order chi connectivity index (χ1) is 7.75. The van der Waals surface area contributed by atoms with Crippen LogP contribution in [0, 0.1) is 6.92 Å². The zero-order chi connectivity index (χ0) is 11.4. The van der Waals surface area contributed by atoms with Gasteiger partial charge >= 0.3 is 0 Å². The molecule has 0 fully saturated rings. The monoisotopic (exact) mass is 218 g/mol. The van der Waals surface area contributed by atoms with E-state index in [2.05, 4.69) is 15.5 Å². The lowest BCUT2D eigenvalue weighted by Crippen LogP contribution is -2.14. The predicted octanol–water partition coefficient (Wildman–Crippen LogP) is 1.25.